The minimum absolute atomic E-state index is 0.0448. The summed E-state index contributed by atoms with van der Waals surface area (Å²) in [6.45, 7) is 6.79. The predicted octanol–water partition coefficient (Wildman–Crippen LogP) is 2.15. The molecule has 0 bridgehead atoms. The standard InChI is InChI=1S/C14H21N5O/c1-10(2)20-14-12(15)4-5-13(18-14)17-11(3)8-19-7-6-16-9-19/h4-7,9-11H,8,15H2,1-3H3,(H,17,18). The first kappa shape index (κ1) is 14.2. The summed E-state index contributed by atoms with van der Waals surface area (Å²) in [4.78, 5) is 8.42. The fourth-order valence-corrected chi connectivity index (χ4v) is 1.86. The van der Waals surface area contributed by atoms with Crippen molar-refractivity contribution in [2.75, 3.05) is 11.1 Å². The largest absolute Gasteiger partial charge is 0.473 e. The van der Waals surface area contributed by atoms with Crippen molar-refractivity contribution in [2.45, 2.75) is 39.5 Å². The number of anilines is 2. The van der Waals surface area contributed by atoms with Crippen LogP contribution in [0.25, 0.3) is 0 Å². The number of pyridine rings is 1. The fourth-order valence-electron chi connectivity index (χ4n) is 1.86. The second kappa shape index (κ2) is 6.27. The molecule has 0 spiro atoms. The molecule has 2 aromatic rings. The third kappa shape index (κ3) is 3.88. The summed E-state index contributed by atoms with van der Waals surface area (Å²) >= 11 is 0. The molecule has 0 amide bonds. The Kier molecular flexibility index (Phi) is 4.45. The van der Waals surface area contributed by atoms with E-state index in [1.165, 1.54) is 0 Å². The Morgan fingerprint density at radius 1 is 1.35 bits per heavy atom. The Bertz CT molecular complexity index is 539. The number of nitrogens with zero attached hydrogens (tertiary/aromatic N) is 3. The molecule has 0 saturated carbocycles. The first-order valence-electron chi connectivity index (χ1n) is 6.70. The van der Waals surface area contributed by atoms with Gasteiger partial charge in [-0.15, -0.1) is 0 Å². The van der Waals surface area contributed by atoms with Crippen molar-refractivity contribution in [1.82, 2.24) is 14.5 Å². The molecule has 0 radical (unpaired) electrons. The van der Waals surface area contributed by atoms with Crippen molar-refractivity contribution >= 4 is 11.5 Å². The molecule has 0 aliphatic rings. The van der Waals surface area contributed by atoms with Gasteiger partial charge in [-0.05, 0) is 32.9 Å². The lowest BCUT2D eigenvalue weighted by Gasteiger charge is -2.17. The van der Waals surface area contributed by atoms with Crippen LogP contribution in [0.4, 0.5) is 11.5 Å². The summed E-state index contributed by atoms with van der Waals surface area (Å²) in [5.41, 5.74) is 6.40. The Morgan fingerprint density at radius 2 is 2.15 bits per heavy atom. The number of aromatic nitrogens is 3. The van der Waals surface area contributed by atoms with Gasteiger partial charge in [-0.1, -0.05) is 0 Å². The Morgan fingerprint density at radius 3 is 2.80 bits per heavy atom. The second-order valence-electron chi connectivity index (χ2n) is 5.06. The van der Waals surface area contributed by atoms with Crippen LogP contribution in [0.15, 0.2) is 30.9 Å². The van der Waals surface area contributed by atoms with Crippen LogP contribution in [0.5, 0.6) is 5.88 Å². The minimum Gasteiger partial charge on any atom is -0.473 e. The third-order valence-corrected chi connectivity index (χ3v) is 2.68. The highest BCUT2D eigenvalue weighted by molar-refractivity contribution is 5.53. The van der Waals surface area contributed by atoms with Gasteiger partial charge in [-0.25, -0.2) is 4.98 Å². The predicted molar refractivity (Wildman–Crippen MR) is 79.7 cm³/mol. The van der Waals surface area contributed by atoms with E-state index in [9.17, 15) is 0 Å². The number of nitrogen functional groups attached to an aromatic ring is 1. The third-order valence-electron chi connectivity index (χ3n) is 2.68. The van der Waals surface area contributed by atoms with Gasteiger partial charge in [0.15, 0.2) is 0 Å². The number of rotatable bonds is 6. The van der Waals surface area contributed by atoms with E-state index in [1.54, 1.807) is 18.6 Å². The lowest BCUT2D eigenvalue weighted by Crippen LogP contribution is -2.22. The molecule has 2 rings (SSSR count). The van der Waals surface area contributed by atoms with E-state index >= 15 is 0 Å². The number of ether oxygens (including phenoxy) is 1. The van der Waals surface area contributed by atoms with Gasteiger partial charge >= 0.3 is 0 Å². The number of nitrogens with one attached hydrogen (secondary N) is 1. The van der Waals surface area contributed by atoms with Crippen molar-refractivity contribution in [1.29, 1.82) is 0 Å². The molecule has 0 aliphatic heterocycles. The molecule has 6 nitrogen and oxygen atoms in total. The maximum atomic E-state index is 5.85. The summed E-state index contributed by atoms with van der Waals surface area (Å²) in [5.74, 6) is 1.22. The summed E-state index contributed by atoms with van der Waals surface area (Å²) < 4.78 is 7.60. The van der Waals surface area contributed by atoms with E-state index in [4.69, 9.17) is 10.5 Å². The molecule has 1 atom stereocenters. The van der Waals surface area contributed by atoms with Crippen molar-refractivity contribution < 1.29 is 4.74 Å². The molecular weight excluding hydrogens is 254 g/mol. The van der Waals surface area contributed by atoms with Gasteiger partial charge in [-0.3, -0.25) is 0 Å². The number of imidazole rings is 1. The van der Waals surface area contributed by atoms with Crippen LogP contribution in [0, 0.1) is 0 Å². The average molecular weight is 275 g/mol. The Hall–Kier alpha value is -2.24. The van der Waals surface area contributed by atoms with E-state index in [-0.39, 0.29) is 12.1 Å². The first-order chi connectivity index (χ1) is 9.54. The van der Waals surface area contributed by atoms with Crippen LogP contribution >= 0.6 is 0 Å². The summed E-state index contributed by atoms with van der Waals surface area (Å²) in [6.07, 6.45) is 5.54. The highest BCUT2D eigenvalue weighted by Gasteiger charge is 2.09. The van der Waals surface area contributed by atoms with Gasteiger partial charge in [-0.2, -0.15) is 4.98 Å². The Labute approximate surface area is 119 Å². The molecule has 3 N–H and O–H groups in total. The number of nitrogens with two attached hydrogens (primary N) is 1. The van der Waals surface area contributed by atoms with Gasteiger partial charge < -0.3 is 20.4 Å². The topological polar surface area (TPSA) is 78.0 Å². The minimum atomic E-state index is 0.0448. The van der Waals surface area contributed by atoms with Crippen molar-refractivity contribution in [3.05, 3.63) is 30.9 Å². The first-order valence-corrected chi connectivity index (χ1v) is 6.70. The zero-order valence-electron chi connectivity index (χ0n) is 12.1. The normalized spacial score (nSPS) is 12.4. The van der Waals surface area contributed by atoms with Gasteiger partial charge in [0.2, 0.25) is 5.88 Å². The second-order valence-corrected chi connectivity index (χ2v) is 5.06. The molecular formula is C14H21N5O. The van der Waals surface area contributed by atoms with Crippen LogP contribution in [0.1, 0.15) is 20.8 Å². The molecule has 0 fully saturated rings. The van der Waals surface area contributed by atoms with Gasteiger partial charge in [0, 0.05) is 25.0 Å². The van der Waals surface area contributed by atoms with E-state index in [0.717, 1.165) is 12.4 Å². The monoisotopic (exact) mass is 275 g/mol. The average Bonchev–Trinajstić information content (AvgIpc) is 2.85. The van der Waals surface area contributed by atoms with Crippen molar-refractivity contribution in [3.63, 3.8) is 0 Å². The summed E-state index contributed by atoms with van der Waals surface area (Å²) in [5, 5.41) is 3.33. The smallest absolute Gasteiger partial charge is 0.239 e. The number of hydrogen-bond acceptors (Lipinski definition) is 5. The molecule has 0 aliphatic carbocycles. The highest BCUT2D eigenvalue weighted by atomic mass is 16.5. The maximum Gasteiger partial charge on any atom is 0.239 e. The molecule has 0 aromatic carbocycles. The lowest BCUT2D eigenvalue weighted by atomic mass is 10.3. The van der Waals surface area contributed by atoms with Gasteiger partial charge in [0.05, 0.1) is 18.1 Å². The highest BCUT2D eigenvalue weighted by Crippen LogP contribution is 2.22. The molecule has 20 heavy (non-hydrogen) atoms. The molecule has 0 saturated heterocycles. The molecule has 6 heteroatoms. The van der Waals surface area contributed by atoms with E-state index in [1.807, 2.05) is 30.7 Å². The maximum absolute atomic E-state index is 5.85. The van der Waals surface area contributed by atoms with Crippen LogP contribution in [-0.2, 0) is 6.54 Å². The molecule has 1 unspecified atom stereocenters. The van der Waals surface area contributed by atoms with E-state index in [0.29, 0.717) is 11.6 Å². The summed E-state index contributed by atoms with van der Waals surface area (Å²) in [6, 6.07) is 3.87. The quantitative estimate of drug-likeness (QED) is 0.844. The molecule has 2 heterocycles. The van der Waals surface area contributed by atoms with E-state index in [2.05, 4.69) is 22.2 Å². The SMILES string of the molecule is CC(Cn1ccnc1)Nc1ccc(N)c(OC(C)C)n1. The molecule has 108 valence electrons. The lowest BCUT2D eigenvalue weighted by molar-refractivity contribution is 0.234. The number of hydrogen-bond donors (Lipinski definition) is 2. The van der Waals surface area contributed by atoms with Crippen molar-refractivity contribution in [3.8, 4) is 5.88 Å². The van der Waals surface area contributed by atoms with Gasteiger partial charge in [0.1, 0.15) is 5.82 Å². The van der Waals surface area contributed by atoms with Crippen LogP contribution in [0.3, 0.4) is 0 Å². The molecule has 2 aromatic heterocycles. The zero-order valence-corrected chi connectivity index (χ0v) is 12.1. The summed E-state index contributed by atoms with van der Waals surface area (Å²) in [7, 11) is 0. The fraction of sp³-hybridized carbons (Fsp3) is 0.429. The zero-order chi connectivity index (χ0) is 14.5. The van der Waals surface area contributed by atoms with Crippen LogP contribution in [0.2, 0.25) is 0 Å². The van der Waals surface area contributed by atoms with Crippen LogP contribution < -0.4 is 15.8 Å². The Balaban J connectivity index is 2.01. The van der Waals surface area contributed by atoms with Gasteiger partial charge in [0.25, 0.3) is 0 Å². The van der Waals surface area contributed by atoms with Crippen LogP contribution in [-0.4, -0.2) is 26.7 Å². The van der Waals surface area contributed by atoms with Crippen molar-refractivity contribution in [2.24, 2.45) is 0 Å². The van der Waals surface area contributed by atoms with E-state index < -0.39 is 0 Å².